The summed E-state index contributed by atoms with van der Waals surface area (Å²) in [6, 6.07) is 13.6. The summed E-state index contributed by atoms with van der Waals surface area (Å²) in [4.78, 5) is 24.6. The van der Waals surface area contributed by atoms with Gasteiger partial charge in [-0.15, -0.1) is 11.8 Å². The highest BCUT2D eigenvalue weighted by molar-refractivity contribution is 9.10. The lowest BCUT2D eigenvalue weighted by Crippen LogP contribution is -2.59. The lowest BCUT2D eigenvalue weighted by Gasteiger charge is -2.29. The van der Waals surface area contributed by atoms with Crippen molar-refractivity contribution in [2.75, 3.05) is 18.8 Å². The number of rotatable bonds is 8. The Morgan fingerprint density at radius 2 is 1.84 bits per heavy atom. The molecule has 1 aliphatic heterocycles. The number of benzene rings is 2. The van der Waals surface area contributed by atoms with E-state index in [9.17, 15) is 18.0 Å². The highest BCUT2D eigenvalue weighted by Crippen LogP contribution is 2.21. The maximum absolute atomic E-state index is 12.7. The van der Waals surface area contributed by atoms with Crippen LogP contribution in [0.2, 0.25) is 5.02 Å². The molecule has 31 heavy (non-hydrogen) atoms. The maximum Gasteiger partial charge on any atom is 0.241 e. The van der Waals surface area contributed by atoms with Gasteiger partial charge in [-0.25, -0.2) is 8.42 Å². The lowest BCUT2D eigenvalue weighted by molar-refractivity contribution is -0.122. The van der Waals surface area contributed by atoms with Gasteiger partial charge in [0.1, 0.15) is 5.50 Å². The molecule has 0 spiro atoms. The Morgan fingerprint density at radius 3 is 2.48 bits per heavy atom. The monoisotopic (exact) mass is 545 g/mol. The van der Waals surface area contributed by atoms with E-state index in [-0.39, 0.29) is 23.1 Å². The first-order valence-electron chi connectivity index (χ1n) is 9.41. The molecule has 1 heterocycles. The number of sulfone groups is 1. The van der Waals surface area contributed by atoms with Crippen LogP contribution in [0.4, 0.5) is 0 Å². The summed E-state index contributed by atoms with van der Waals surface area (Å²) >= 11 is 10.3. The predicted octanol–water partition coefficient (Wildman–Crippen LogP) is 2.34. The molecule has 11 heteroatoms. The molecule has 0 bridgehead atoms. The Kier molecular flexibility index (Phi) is 8.40. The maximum atomic E-state index is 12.7. The van der Waals surface area contributed by atoms with Gasteiger partial charge in [-0.2, -0.15) is 0 Å². The number of halogens is 2. The minimum Gasteiger partial charge on any atom is -0.355 e. The Balaban J connectivity index is 1.43. The third-order valence-corrected chi connectivity index (χ3v) is 8.49. The molecule has 0 radical (unpaired) electrons. The highest BCUT2D eigenvalue weighted by atomic mass is 79.9. The molecule has 0 saturated carbocycles. The molecule has 2 aromatic rings. The molecule has 2 amide bonds. The second-order valence-corrected chi connectivity index (χ2v) is 11.4. The van der Waals surface area contributed by atoms with Crippen LogP contribution in [0, 0.1) is 0 Å². The molecular weight excluding hydrogens is 526 g/mol. The van der Waals surface area contributed by atoms with Crippen molar-refractivity contribution in [1.82, 2.24) is 16.0 Å². The molecule has 2 aromatic carbocycles. The summed E-state index contributed by atoms with van der Waals surface area (Å²) in [6.45, 7) is 0.457. The van der Waals surface area contributed by atoms with Crippen LogP contribution in [0.15, 0.2) is 57.9 Å². The Hall–Kier alpha value is -1.59. The van der Waals surface area contributed by atoms with E-state index in [2.05, 4.69) is 31.9 Å². The van der Waals surface area contributed by atoms with Crippen LogP contribution in [0.5, 0.6) is 0 Å². The van der Waals surface area contributed by atoms with Crippen molar-refractivity contribution in [3.63, 3.8) is 0 Å². The highest BCUT2D eigenvalue weighted by Gasteiger charge is 2.38. The summed E-state index contributed by atoms with van der Waals surface area (Å²) < 4.78 is 26.2. The average Bonchev–Trinajstić information content (AvgIpc) is 2.74. The topological polar surface area (TPSA) is 104 Å². The summed E-state index contributed by atoms with van der Waals surface area (Å²) in [5, 5.41) is 7.87. The number of hydrogen-bond acceptors (Lipinski definition) is 6. The van der Waals surface area contributed by atoms with Crippen molar-refractivity contribution in [3.8, 4) is 0 Å². The zero-order chi connectivity index (χ0) is 22.4. The molecule has 0 aliphatic carbocycles. The number of amides is 2. The van der Waals surface area contributed by atoms with Crippen LogP contribution in [0.25, 0.3) is 0 Å². The second-order valence-electron chi connectivity index (χ2n) is 6.82. The van der Waals surface area contributed by atoms with E-state index >= 15 is 0 Å². The number of carbonyl (C=O) groups excluding carboxylic acids is 2. The third kappa shape index (κ3) is 6.69. The number of carbonyl (C=O) groups is 2. The van der Waals surface area contributed by atoms with E-state index in [1.165, 1.54) is 23.9 Å². The smallest absolute Gasteiger partial charge is 0.241 e. The van der Waals surface area contributed by atoms with Crippen molar-refractivity contribution in [2.45, 2.75) is 22.1 Å². The van der Waals surface area contributed by atoms with Gasteiger partial charge in [0.15, 0.2) is 15.1 Å². The van der Waals surface area contributed by atoms with Crippen molar-refractivity contribution in [2.24, 2.45) is 0 Å². The normalized spacial score (nSPS) is 19.0. The zero-order valence-electron chi connectivity index (χ0n) is 16.3. The summed E-state index contributed by atoms with van der Waals surface area (Å²) in [7, 11) is -3.82. The first-order chi connectivity index (χ1) is 14.8. The molecule has 3 N–H and O–H groups in total. The van der Waals surface area contributed by atoms with Gasteiger partial charge in [0, 0.05) is 22.6 Å². The van der Waals surface area contributed by atoms with Gasteiger partial charge in [-0.05, 0) is 48.4 Å². The van der Waals surface area contributed by atoms with E-state index in [1.807, 2.05) is 12.1 Å². The van der Waals surface area contributed by atoms with Gasteiger partial charge in [-0.3, -0.25) is 14.9 Å². The third-order valence-electron chi connectivity index (χ3n) is 4.60. The summed E-state index contributed by atoms with van der Waals surface area (Å²) in [5.41, 5.74) is 0.530. The van der Waals surface area contributed by atoms with Crippen LogP contribution in [-0.2, 0) is 25.8 Å². The zero-order valence-corrected chi connectivity index (χ0v) is 20.3. The van der Waals surface area contributed by atoms with Crippen molar-refractivity contribution >= 4 is 60.9 Å². The number of hydrogen-bond donors (Lipinski definition) is 3. The minimum atomic E-state index is -3.82. The van der Waals surface area contributed by atoms with Gasteiger partial charge >= 0.3 is 0 Å². The molecule has 2 unspecified atom stereocenters. The van der Waals surface area contributed by atoms with E-state index < -0.39 is 26.5 Å². The predicted molar refractivity (Wildman–Crippen MR) is 126 cm³/mol. The van der Waals surface area contributed by atoms with Gasteiger partial charge < -0.3 is 10.6 Å². The molecule has 1 saturated heterocycles. The first-order valence-corrected chi connectivity index (χ1v) is 13.2. The average molecular weight is 547 g/mol. The van der Waals surface area contributed by atoms with Crippen LogP contribution in [0.3, 0.4) is 0 Å². The van der Waals surface area contributed by atoms with Crippen molar-refractivity contribution in [1.29, 1.82) is 0 Å². The van der Waals surface area contributed by atoms with E-state index in [4.69, 9.17) is 11.6 Å². The Labute approximate surface area is 198 Å². The molecule has 0 aromatic heterocycles. The van der Waals surface area contributed by atoms with Crippen LogP contribution in [0.1, 0.15) is 5.56 Å². The largest absolute Gasteiger partial charge is 0.355 e. The van der Waals surface area contributed by atoms with E-state index in [1.54, 1.807) is 24.3 Å². The molecule has 1 fully saturated rings. The lowest BCUT2D eigenvalue weighted by atomic mass is 10.1. The molecule has 1 aliphatic rings. The second kappa shape index (κ2) is 10.8. The van der Waals surface area contributed by atoms with Gasteiger partial charge in [0.2, 0.25) is 11.8 Å². The van der Waals surface area contributed by atoms with E-state index in [0.29, 0.717) is 18.0 Å². The summed E-state index contributed by atoms with van der Waals surface area (Å²) in [5.74, 6) is -0.621. The Morgan fingerprint density at radius 1 is 1.16 bits per heavy atom. The molecule has 2 atom stereocenters. The van der Waals surface area contributed by atoms with E-state index in [0.717, 1.165) is 10.0 Å². The molecule has 7 nitrogen and oxygen atoms in total. The van der Waals surface area contributed by atoms with Crippen molar-refractivity contribution < 1.29 is 18.0 Å². The van der Waals surface area contributed by atoms with Crippen LogP contribution in [-0.4, -0.2) is 49.8 Å². The van der Waals surface area contributed by atoms with Crippen LogP contribution < -0.4 is 16.0 Å². The fraction of sp³-hybridized carbons (Fsp3) is 0.300. The van der Waals surface area contributed by atoms with Crippen LogP contribution >= 0.6 is 39.3 Å². The SMILES string of the molecule is O=C(CSC1NCC(S(=O)(=O)c2ccc(Br)cc2)C(=O)N1)NCCc1ccc(Cl)cc1. The first kappa shape index (κ1) is 24.1. The van der Waals surface area contributed by atoms with Gasteiger partial charge in [0.05, 0.1) is 10.6 Å². The molecular formula is C20H21BrClN3O4S2. The number of thioether (sulfide) groups is 1. The standard InChI is InChI=1S/C20H21BrClN3O4S2/c21-14-3-7-16(8-4-14)31(28,29)17-11-24-20(25-19(17)27)30-12-18(26)23-10-9-13-1-5-15(22)6-2-13/h1-8,17,20,24H,9-12H2,(H,23,26)(H,25,27). The fourth-order valence-electron chi connectivity index (χ4n) is 2.93. The van der Waals surface area contributed by atoms with Crippen molar-refractivity contribution in [3.05, 3.63) is 63.6 Å². The van der Waals surface area contributed by atoms with Gasteiger partial charge in [0.25, 0.3) is 0 Å². The summed E-state index contributed by atoms with van der Waals surface area (Å²) in [6.07, 6.45) is 0.682. The fourth-order valence-corrected chi connectivity index (χ4v) is 5.66. The quantitative estimate of drug-likeness (QED) is 0.470. The molecule has 3 rings (SSSR count). The number of nitrogens with one attached hydrogen (secondary N) is 3. The Bertz CT molecular complexity index is 1030. The van der Waals surface area contributed by atoms with Gasteiger partial charge in [-0.1, -0.05) is 39.7 Å². The molecule has 166 valence electrons. The minimum absolute atomic E-state index is 0.0277.